The molecule has 1 aliphatic rings. The minimum absolute atomic E-state index is 0.0506. The number of nitriles is 1. The predicted molar refractivity (Wildman–Crippen MR) is 96.7 cm³/mol. The minimum atomic E-state index is -0.773. The van der Waals surface area contributed by atoms with Gasteiger partial charge in [0.2, 0.25) is 5.88 Å². The van der Waals surface area contributed by atoms with Gasteiger partial charge >= 0.3 is 5.97 Å². The first-order valence-corrected chi connectivity index (χ1v) is 8.36. The van der Waals surface area contributed by atoms with Gasteiger partial charge < -0.3 is 15.2 Å². The summed E-state index contributed by atoms with van der Waals surface area (Å²) in [5.74, 6) is -1.11. The van der Waals surface area contributed by atoms with Gasteiger partial charge in [-0.3, -0.25) is 4.98 Å². The lowest BCUT2D eigenvalue weighted by Crippen LogP contribution is -2.25. The fraction of sp³-hybridized carbons (Fsp3) is 0.211. The maximum Gasteiger partial charge on any atom is 0.338 e. The van der Waals surface area contributed by atoms with E-state index in [9.17, 15) is 10.1 Å². The molecule has 0 aliphatic carbocycles. The van der Waals surface area contributed by atoms with E-state index in [0.29, 0.717) is 16.1 Å². The summed E-state index contributed by atoms with van der Waals surface area (Å²) >= 11 is 6.61. The highest BCUT2D eigenvalue weighted by atomic mass is 35.5. The summed E-state index contributed by atoms with van der Waals surface area (Å²) in [7, 11) is 0. The second-order valence-corrected chi connectivity index (χ2v) is 6.03. The van der Waals surface area contributed by atoms with Crippen LogP contribution in [0.3, 0.4) is 0 Å². The van der Waals surface area contributed by atoms with E-state index < -0.39 is 11.9 Å². The van der Waals surface area contributed by atoms with Crippen LogP contribution in [0.25, 0.3) is 10.9 Å². The molecule has 1 atom stereocenters. The molecule has 1 aromatic carbocycles. The number of benzene rings is 1. The zero-order valence-corrected chi connectivity index (χ0v) is 15.0. The van der Waals surface area contributed by atoms with Crippen molar-refractivity contribution >= 4 is 28.5 Å². The maximum absolute atomic E-state index is 12.5. The topological polar surface area (TPSA) is 98.2 Å². The van der Waals surface area contributed by atoms with Gasteiger partial charge in [0.15, 0.2) is 0 Å². The number of rotatable bonds is 3. The highest BCUT2D eigenvalue weighted by Gasteiger charge is 2.37. The average Bonchev–Trinajstić information content (AvgIpc) is 2.62. The lowest BCUT2D eigenvalue weighted by Gasteiger charge is -2.27. The Kier molecular flexibility index (Phi) is 4.83. The number of aromatic nitrogens is 1. The number of fused-ring (bicyclic) bond motifs is 1. The Bertz CT molecular complexity index is 1000. The van der Waals surface area contributed by atoms with E-state index in [4.69, 9.17) is 26.8 Å². The molecule has 1 unspecified atom stereocenters. The Balaban J connectivity index is 2.27. The van der Waals surface area contributed by atoms with Gasteiger partial charge in [-0.15, -0.1) is 0 Å². The molecule has 0 bridgehead atoms. The summed E-state index contributed by atoms with van der Waals surface area (Å²) in [5.41, 5.74) is 7.50. The molecule has 0 amide bonds. The monoisotopic (exact) mass is 369 g/mol. The van der Waals surface area contributed by atoms with E-state index in [1.807, 2.05) is 12.1 Å². The highest BCUT2D eigenvalue weighted by molar-refractivity contribution is 6.36. The van der Waals surface area contributed by atoms with Crippen molar-refractivity contribution in [3.8, 4) is 6.07 Å². The van der Waals surface area contributed by atoms with Crippen molar-refractivity contribution < 1.29 is 14.3 Å². The standard InChI is InChI=1S/C19H16ClN3O3/c1-3-25-19(24)15-10(2)26-18(22)13(9-21)16(15)12-6-7-14-11(17(12)20)5-4-8-23-14/h4-8,16H,3,22H2,1-2H3. The smallest absolute Gasteiger partial charge is 0.338 e. The Hall–Kier alpha value is -3.04. The number of ether oxygens (including phenoxy) is 2. The summed E-state index contributed by atoms with van der Waals surface area (Å²) in [6.07, 6.45) is 1.67. The number of pyridine rings is 1. The lowest BCUT2D eigenvalue weighted by molar-refractivity contribution is -0.139. The van der Waals surface area contributed by atoms with Gasteiger partial charge in [0.1, 0.15) is 17.4 Å². The summed E-state index contributed by atoms with van der Waals surface area (Å²) in [5, 5.41) is 10.7. The number of esters is 1. The fourth-order valence-corrected chi connectivity index (χ4v) is 3.35. The minimum Gasteiger partial charge on any atom is -0.463 e. The van der Waals surface area contributed by atoms with E-state index in [-0.39, 0.29) is 29.4 Å². The number of nitrogens with zero attached hydrogens (tertiary/aromatic N) is 2. The average molecular weight is 370 g/mol. The van der Waals surface area contributed by atoms with E-state index >= 15 is 0 Å². The van der Waals surface area contributed by atoms with E-state index in [0.717, 1.165) is 5.39 Å². The molecule has 3 rings (SSSR count). The van der Waals surface area contributed by atoms with Crippen molar-refractivity contribution in [2.45, 2.75) is 19.8 Å². The summed E-state index contributed by atoms with van der Waals surface area (Å²) in [4.78, 5) is 16.8. The molecule has 0 saturated heterocycles. The fourth-order valence-electron chi connectivity index (χ4n) is 3.02. The molecule has 0 fully saturated rings. The van der Waals surface area contributed by atoms with Crippen molar-refractivity contribution in [2.75, 3.05) is 6.61 Å². The molecule has 132 valence electrons. The number of nitrogens with two attached hydrogens (primary N) is 1. The molecule has 0 spiro atoms. The first-order chi connectivity index (χ1) is 12.5. The number of carbonyl (C=O) groups is 1. The summed E-state index contributed by atoms with van der Waals surface area (Å²) in [6, 6.07) is 9.16. The van der Waals surface area contributed by atoms with Crippen LogP contribution >= 0.6 is 11.6 Å². The third-order valence-corrected chi connectivity index (χ3v) is 4.58. The van der Waals surface area contributed by atoms with Crippen LogP contribution in [0.4, 0.5) is 0 Å². The molecule has 2 heterocycles. The van der Waals surface area contributed by atoms with Crippen LogP contribution in [0.5, 0.6) is 0 Å². The Morgan fingerprint density at radius 1 is 1.46 bits per heavy atom. The maximum atomic E-state index is 12.5. The lowest BCUT2D eigenvalue weighted by atomic mass is 9.82. The quantitative estimate of drug-likeness (QED) is 0.831. The molecular weight excluding hydrogens is 354 g/mol. The first-order valence-electron chi connectivity index (χ1n) is 7.98. The van der Waals surface area contributed by atoms with Crippen molar-refractivity contribution in [3.63, 3.8) is 0 Å². The molecule has 6 nitrogen and oxygen atoms in total. The largest absolute Gasteiger partial charge is 0.463 e. The van der Waals surface area contributed by atoms with Gasteiger partial charge in [0, 0.05) is 11.6 Å². The van der Waals surface area contributed by atoms with Crippen LogP contribution in [0.2, 0.25) is 5.02 Å². The number of hydrogen-bond donors (Lipinski definition) is 1. The molecule has 1 aliphatic heterocycles. The first kappa shape index (κ1) is 17.8. The van der Waals surface area contributed by atoms with Crippen LogP contribution < -0.4 is 5.73 Å². The number of allylic oxidation sites excluding steroid dienone is 2. The highest BCUT2D eigenvalue weighted by Crippen LogP contribution is 2.43. The molecule has 7 heteroatoms. The van der Waals surface area contributed by atoms with Crippen LogP contribution in [0, 0.1) is 11.3 Å². The molecule has 1 aromatic heterocycles. The Morgan fingerprint density at radius 3 is 2.92 bits per heavy atom. The third kappa shape index (κ3) is 2.87. The van der Waals surface area contributed by atoms with Gasteiger partial charge in [-0.25, -0.2) is 4.79 Å². The van der Waals surface area contributed by atoms with Crippen molar-refractivity contribution in [3.05, 3.63) is 63.8 Å². The second kappa shape index (κ2) is 7.06. The molecule has 26 heavy (non-hydrogen) atoms. The molecule has 0 radical (unpaired) electrons. The van der Waals surface area contributed by atoms with Crippen LogP contribution in [0.1, 0.15) is 25.3 Å². The van der Waals surface area contributed by atoms with Gasteiger partial charge in [-0.05, 0) is 37.6 Å². The SMILES string of the molecule is CCOC(=O)C1=C(C)OC(N)=C(C#N)C1c1ccc2ncccc2c1Cl. The predicted octanol–water partition coefficient (Wildman–Crippen LogP) is 3.53. The number of hydrogen-bond acceptors (Lipinski definition) is 6. The molecule has 2 N–H and O–H groups in total. The second-order valence-electron chi connectivity index (χ2n) is 5.65. The molecular formula is C19H16ClN3O3. The van der Waals surface area contributed by atoms with Crippen LogP contribution in [0.15, 0.2) is 53.3 Å². The molecule has 2 aromatic rings. The zero-order chi connectivity index (χ0) is 18.8. The van der Waals surface area contributed by atoms with E-state index in [1.54, 1.807) is 38.2 Å². The Labute approximate surface area is 155 Å². The van der Waals surface area contributed by atoms with Gasteiger partial charge in [-0.1, -0.05) is 17.7 Å². The van der Waals surface area contributed by atoms with Crippen molar-refractivity contribution in [1.29, 1.82) is 5.26 Å². The number of carbonyl (C=O) groups excluding carboxylic acids is 1. The molecule has 0 saturated carbocycles. The van der Waals surface area contributed by atoms with Gasteiger partial charge in [0.05, 0.1) is 28.6 Å². The van der Waals surface area contributed by atoms with Crippen molar-refractivity contribution in [2.24, 2.45) is 5.73 Å². The van der Waals surface area contributed by atoms with Crippen LogP contribution in [-0.2, 0) is 14.3 Å². The van der Waals surface area contributed by atoms with E-state index in [2.05, 4.69) is 4.98 Å². The third-order valence-electron chi connectivity index (χ3n) is 4.16. The van der Waals surface area contributed by atoms with E-state index in [1.165, 1.54) is 0 Å². The number of halogens is 1. The Morgan fingerprint density at radius 2 is 2.23 bits per heavy atom. The summed E-state index contributed by atoms with van der Waals surface area (Å²) in [6.45, 7) is 3.51. The van der Waals surface area contributed by atoms with Crippen molar-refractivity contribution in [1.82, 2.24) is 4.98 Å². The van der Waals surface area contributed by atoms with Crippen LogP contribution in [-0.4, -0.2) is 17.6 Å². The van der Waals surface area contributed by atoms with Gasteiger partial charge in [-0.2, -0.15) is 5.26 Å². The van der Waals surface area contributed by atoms with Gasteiger partial charge in [0.25, 0.3) is 0 Å². The zero-order valence-electron chi connectivity index (χ0n) is 14.2. The normalized spacial score (nSPS) is 17.1. The summed E-state index contributed by atoms with van der Waals surface area (Å²) < 4.78 is 10.6.